The Morgan fingerprint density at radius 2 is 2.00 bits per heavy atom. The number of rotatable bonds is 8. The van der Waals surface area contributed by atoms with Crippen molar-refractivity contribution in [2.75, 3.05) is 0 Å². The van der Waals surface area contributed by atoms with Gasteiger partial charge in [-0.2, -0.15) is 0 Å². The molecule has 3 aromatic rings. The van der Waals surface area contributed by atoms with Gasteiger partial charge in [0.1, 0.15) is 5.82 Å². The van der Waals surface area contributed by atoms with E-state index in [1.54, 1.807) is 19.1 Å². The number of nitrogens with zero attached hydrogens (tertiary/aromatic N) is 1. The van der Waals surface area contributed by atoms with Crippen molar-refractivity contribution in [3.05, 3.63) is 84.2 Å². The summed E-state index contributed by atoms with van der Waals surface area (Å²) < 4.78 is 14.5. The first-order valence-corrected chi connectivity index (χ1v) is 9.72. The number of aliphatic hydroxyl groups is 1. The van der Waals surface area contributed by atoms with Gasteiger partial charge in [0.15, 0.2) is 0 Å². The zero-order valence-electron chi connectivity index (χ0n) is 16.2. The van der Waals surface area contributed by atoms with Crippen molar-refractivity contribution in [2.24, 2.45) is 0 Å². The van der Waals surface area contributed by atoms with E-state index in [2.05, 4.69) is 17.6 Å². The van der Waals surface area contributed by atoms with Gasteiger partial charge in [-0.05, 0) is 62.4 Å². The number of aliphatic hydroxyl groups excluding tert-OH is 1. The third-order valence-corrected chi connectivity index (χ3v) is 4.72. The van der Waals surface area contributed by atoms with Gasteiger partial charge in [0.05, 0.1) is 17.3 Å². The summed E-state index contributed by atoms with van der Waals surface area (Å²) in [7, 11) is 0. The number of hydrogen-bond donors (Lipinski definition) is 1. The highest BCUT2D eigenvalue weighted by atomic mass is 19.1. The highest BCUT2D eigenvalue weighted by Gasteiger charge is 2.06. The van der Waals surface area contributed by atoms with Gasteiger partial charge in [-0.3, -0.25) is 0 Å². The van der Waals surface area contributed by atoms with Gasteiger partial charge in [0, 0.05) is 16.5 Å². The first-order valence-electron chi connectivity index (χ1n) is 9.72. The number of fused-ring (bicyclic) bond motifs is 1. The summed E-state index contributed by atoms with van der Waals surface area (Å²) >= 11 is 0. The average Bonchev–Trinajstić information content (AvgIpc) is 2.68. The fourth-order valence-electron chi connectivity index (χ4n) is 3.19. The summed E-state index contributed by atoms with van der Waals surface area (Å²) in [5.41, 5.74) is 4.19. The number of hydrogen-bond acceptors (Lipinski definition) is 2. The van der Waals surface area contributed by atoms with Crippen LogP contribution in [-0.4, -0.2) is 16.2 Å². The second kappa shape index (κ2) is 9.43. The van der Waals surface area contributed by atoms with Gasteiger partial charge >= 0.3 is 0 Å². The van der Waals surface area contributed by atoms with Crippen LogP contribution in [0.1, 0.15) is 37.3 Å². The minimum Gasteiger partial charge on any atom is -0.393 e. The normalized spacial score (nSPS) is 12.5. The number of aromatic nitrogens is 1. The van der Waals surface area contributed by atoms with E-state index in [9.17, 15) is 9.50 Å². The Labute approximate surface area is 166 Å². The standard InChI is InChI=1S/C25H26FNO/c1-3-7-19-10-14-24-21(16-19)13-15-25(27-24)22-12-11-20(23(26)17-22)9-6-4-5-8-18(2)28/h3,6,9-18,28H,1,4-5,7-8H2,2H3. The molecule has 0 spiro atoms. The molecule has 0 amide bonds. The molecule has 0 aliphatic carbocycles. The largest absolute Gasteiger partial charge is 0.393 e. The molecule has 0 saturated heterocycles. The van der Waals surface area contributed by atoms with Crippen LogP contribution in [0.2, 0.25) is 0 Å². The van der Waals surface area contributed by atoms with Crippen molar-refractivity contribution in [1.82, 2.24) is 4.98 Å². The van der Waals surface area contributed by atoms with Crippen molar-refractivity contribution in [2.45, 2.75) is 38.7 Å². The molecule has 28 heavy (non-hydrogen) atoms. The van der Waals surface area contributed by atoms with Gasteiger partial charge in [0.2, 0.25) is 0 Å². The van der Waals surface area contributed by atoms with E-state index in [-0.39, 0.29) is 11.9 Å². The molecule has 1 N–H and O–H groups in total. The maximum atomic E-state index is 14.5. The highest BCUT2D eigenvalue weighted by molar-refractivity contribution is 5.82. The van der Waals surface area contributed by atoms with Crippen LogP contribution in [0.25, 0.3) is 28.2 Å². The van der Waals surface area contributed by atoms with Gasteiger partial charge in [-0.1, -0.05) is 42.5 Å². The molecule has 1 heterocycles. The number of halogens is 1. The molecule has 3 heteroatoms. The molecule has 0 fully saturated rings. The van der Waals surface area contributed by atoms with E-state index in [1.165, 1.54) is 11.6 Å². The molecule has 2 aromatic carbocycles. The summed E-state index contributed by atoms with van der Waals surface area (Å²) in [4.78, 5) is 4.69. The number of unbranched alkanes of at least 4 members (excludes halogenated alkanes) is 1. The van der Waals surface area contributed by atoms with E-state index in [4.69, 9.17) is 0 Å². The number of benzene rings is 2. The molecule has 1 aromatic heterocycles. The van der Waals surface area contributed by atoms with Crippen LogP contribution in [0.15, 0.2) is 67.3 Å². The van der Waals surface area contributed by atoms with Crippen molar-refractivity contribution >= 4 is 17.0 Å². The van der Waals surface area contributed by atoms with Crippen molar-refractivity contribution < 1.29 is 9.50 Å². The monoisotopic (exact) mass is 375 g/mol. The zero-order chi connectivity index (χ0) is 19.9. The molecule has 3 rings (SSSR count). The third kappa shape index (κ3) is 5.14. The van der Waals surface area contributed by atoms with Gasteiger partial charge in [0.25, 0.3) is 0 Å². The highest BCUT2D eigenvalue weighted by Crippen LogP contribution is 2.24. The minimum atomic E-state index is -0.285. The SMILES string of the molecule is C=CCc1ccc2nc(-c3ccc(C=CCCCC(C)O)c(F)c3)ccc2c1. The van der Waals surface area contributed by atoms with Crippen LogP contribution in [0, 0.1) is 5.82 Å². The minimum absolute atomic E-state index is 0.257. The maximum absolute atomic E-state index is 14.5. The lowest BCUT2D eigenvalue weighted by atomic mass is 10.0. The predicted molar refractivity (Wildman–Crippen MR) is 116 cm³/mol. The smallest absolute Gasteiger partial charge is 0.131 e. The van der Waals surface area contributed by atoms with Gasteiger partial charge < -0.3 is 5.11 Å². The Bertz CT molecular complexity index is 991. The Hall–Kier alpha value is -2.78. The van der Waals surface area contributed by atoms with Crippen LogP contribution in [0.4, 0.5) is 4.39 Å². The lowest BCUT2D eigenvalue weighted by molar-refractivity contribution is 0.182. The maximum Gasteiger partial charge on any atom is 0.131 e. The molecular formula is C25H26FNO. The average molecular weight is 375 g/mol. The zero-order valence-corrected chi connectivity index (χ0v) is 16.2. The summed E-state index contributed by atoms with van der Waals surface area (Å²) in [6, 6.07) is 15.3. The second-order valence-corrected chi connectivity index (χ2v) is 7.13. The third-order valence-electron chi connectivity index (χ3n) is 4.72. The Kier molecular flexibility index (Phi) is 6.72. The van der Waals surface area contributed by atoms with Gasteiger partial charge in [-0.25, -0.2) is 9.37 Å². The van der Waals surface area contributed by atoms with E-state index in [0.29, 0.717) is 5.56 Å². The molecule has 1 unspecified atom stereocenters. The first-order chi connectivity index (χ1) is 13.6. The summed E-state index contributed by atoms with van der Waals surface area (Å²) in [5.74, 6) is -0.257. The van der Waals surface area contributed by atoms with Gasteiger partial charge in [-0.15, -0.1) is 6.58 Å². The molecule has 0 aliphatic heterocycles. The van der Waals surface area contributed by atoms with E-state index < -0.39 is 0 Å². The summed E-state index contributed by atoms with van der Waals surface area (Å²) in [5, 5.41) is 10.3. The Balaban J connectivity index is 1.76. The van der Waals surface area contributed by atoms with Crippen molar-refractivity contribution in [1.29, 1.82) is 0 Å². The molecular weight excluding hydrogens is 349 g/mol. The van der Waals surface area contributed by atoms with Crippen LogP contribution >= 0.6 is 0 Å². The molecule has 144 valence electrons. The van der Waals surface area contributed by atoms with Crippen LogP contribution in [0.3, 0.4) is 0 Å². The number of allylic oxidation sites excluding steroid dienone is 2. The molecule has 0 saturated carbocycles. The van der Waals surface area contributed by atoms with Crippen molar-refractivity contribution in [3.63, 3.8) is 0 Å². The van der Waals surface area contributed by atoms with Crippen molar-refractivity contribution in [3.8, 4) is 11.3 Å². The summed E-state index contributed by atoms with van der Waals surface area (Å²) in [6.45, 7) is 5.55. The van der Waals surface area contributed by atoms with Crippen LogP contribution in [0.5, 0.6) is 0 Å². The van der Waals surface area contributed by atoms with E-state index >= 15 is 0 Å². The fourth-order valence-corrected chi connectivity index (χ4v) is 3.19. The fraction of sp³-hybridized carbons (Fsp3) is 0.240. The lowest BCUT2D eigenvalue weighted by Gasteiger charge is -2.06. The predicted octanol–water partition coefficient (Wildman–Crippen LogP) is 6.33. The lowest BCUT2D eigenvalue weighted by Crippen LogP contribution is -1.97. The molecule has 0 aliphatic rings. The Morgan fingerprint density at radius 3 is 2.75 bits per heavy atom. The Morgan fingerprint density at radius 1 is 1.14 bits per heavy atom. The van der Waals surface area contributed by atoms with Crippen LogP contribution in [-0.2, 0) is 6.42 Å². The van der Waals surface area contributed by atoms with E-state index in [1.807, 2.05) is 42.5 Å². The molecule has 0 radical (unpaired) electrons. The molecule has 0 bridgehead atoms. The molecule has 2 nitrogen and oxygen atoms in total. The van der Waals surface area contributed by atoms with Crippen LogP contribution < -0.4 is 0 Å². The topological polar surface area (TPSA) is 33.1 Å². The quantitative estimate of drug-likeness (QED) is 0.368. The molecule has 1 atom stereocenters. The second-order valence-electron chi connectivity index (χ2n) is 7.13. The first kappa shape index (κ1) is 20.0. The van der Waals surface area contributed by atoms with E-state index in [0.717, 1.165) is 47.8 Å². The number of pyridine rings is 1. The summed E-state index contributed by atoms with van der Waals surface area (Å²) in [6.07, 6.45) is 8.66.